The van der Waals surface area contributed by atoms with E-state index in [9.17, 15) is 8.42 Å². The SMILES string of the molecule is Cc1nnc(NS(=O)(=O)c2ccc(Br)cc2Cl)o1. The minimum atomic E-state index is -3.85. The highest BCUT2D eigenvalue weighted by atomic mass is 79.9. The van der Waals surface area contributed by atoms with Crippen molar-refractivity contribution >= 4 is 43.6 Å². The monoisotopic (exact) mass is 351 g/mol. The van der Waals surface area contributed by atoms with Crippen molar-refractivity contribution in [1.29, 1.82) is 0 Å². The van der Waals surface area contributed by atoms with E-state index in [1.165, 1.54) is 12.1 Å². The summed E-state index contributed by atoms with van der Waals surface area (Å²) in [4.78, 5) is -0.0665. The summed E-state index contributed by atoms with van der Waals surface area (Å²) in [5, 5.41) is 7.15. The van der Waals surface area contributed by atoms with Crippen LogP contribution in [0.2, 0.25) is 5.02 Å². The zero-order chi connectivity index (χ0) is 13.3. The smallest absolute Gasteiger partial charge is 0.329 e. The van der Waals surface area contributed by atoms with Crippen molar-refractivity contribution in [2.75, 3.05) is 4.72 Å². The topological polar surface area (TPSA) is 85.1 Å². The van der Waals surface area contributed by atoms with Gasteiger partial charge in [-0.1, -0.05) is 32.6 Å². The molecule has 96 valence electrons. The first-order chi connectivity index (χ1) is 8.38. The van der Waals surface area contributed by atoms with E-state index in [0.717, 1.165) is 0 Å². The van der Waals surface area contributed by atoms with Crippen LogP contribution in [0.15, 0.2) is 32.0 Å². The highest BCUT2D eigenvalue weighted by Crippen LogP contribution is 2.26. The highest BCUT2D eigenvalue weighted by Gasteiger charge is 2.20. The van der Waals surface area contributed by atoms with Crippen LogP contribution in [-0.2, 0) is 10.0 Å². The Morgan fingerprint density at radius 2 is 2.11 bits per heavy atom. The van der Waals surface area contributed by atoms with Gasteiger partial charge < -0.3 is 4.42 Å². The molecule has 0 radical (unpaired) electrons. The van der Waals surface area contributed by atoms with Gasteiger partial charge in [0.25, 0.3) is 10.0 Å². The molecule has 18 heavy (non-hydrogen) atoms. The first kappa shape index (κ1) is 13.3. The summed E-state index contributed by atoms with van der Waals surface area (Å²) >= 11 is 9.06. The van der Waals surface area contributed by atoms with Crippen LogP contribution in [0.5, 0.6) is 0 Å². The Bertz CT molecular complexity index is 686. The van der Waals surface area contributed by atoms with E-state index in [-0.39, 0.29) is 21.8 Å². The fourth-order valence-corrected chi connectivity index (χ4v) is 3.16. The Labute approximate surface area is 117 Å². The van der Waals surface area contributed by atoms with Crippen molar-refractivity contribution in [2.45, 2.75) is 11.8 Å². The molecule has 1 aromatic heterocycles. The third-order valence-electron chi connectivity index (χ3n) is 1.93. The molecule has 0 saturated heterocycles. The van der Waals surface area contributed by atoms with Gasteiger partial charge in [-0.3, -0.25) is 0 Å². The first-order valence-corrected chi connectivity index (χ1v) is 7.32. The van der Waals surface area contributed by atoms with Crippen LogP contribution in [0.4, 0.5) is 6.01 Å². The van der Waals surface area contributed by atoms with E-state index in [4.69, 9.17) is 16.0 Å². The summed E-state index contributed by atoms with van der Waals surface area (Å²) < 4.78 is 31.8. The number of aromatic nitrogens is 2. The molecule has 0 saturated carbocycles. The lowest BCUT2D eigenvalue weighted by molar-refractivity contribution is 0.534. The number of benzene rings is 1. The molecule has 0 bridgehead atoms. The summed E-state index contributed by atoms with van der Waals surface area (Å²) in [6.45, 7) is 1.55. The number of halogens is 2. The molecule has 9 heteroatoms. The van der Waals surface area contributed by atoms with Crippen LogP contribution in [-0.4, -0.2) is 18.6 Å². The summed E-state index contributed by atoms with van der Waals surface area (Å²) in [5.74, 6) is 0.259. The maximum absolute atomic E-state index is 12.0. The van der Waals surface area contributed by atoms with Crippen molar-refractivity contribution in [2.24, 2.45) is 0 Å². The number of sulfonamides is 1. The molecule has 1 aromatic carbocycles. The Morgan fingerprint density at radius 1 is 1.39 bits per heavy atom. The molecular weight excluding hydrogens is 346 g/mol. The van der Waals surface area contributed by atoms with E-state index in [0.29, 0.717) is 4.47 Å². The number of hydrogen-bond acceptors (Lipinski definition) is 5. The van der Waals surface area contributed by atoms with Crippen LogP contribution >= 0.6 is 27.5 Å². The summed E-state index contributed by atoms with van der Waals surface area (Å²) in [6, 6.07) is 4.22. The molecule has 0 spiro atoms. The number of rotatable bonds is 3. The second kappa shape index (κ2) is 4.87. The quantitative estimate of drug-likeness (QED) is 0.917. The van der Waals surface area contributed by atoms with Crippen LogP contribution in [0.3, 0.4) is 0 Å². The van der Waals surface area contributed by atoms with Gasteiger partial charge in [0.05, 0.1) is 5.02 Å². The van der Waals surface area contributed by atoms with Gasteiger partial charge in [-0.25, -0.2) is 13.1 Å². The molecule has 1 heterocycles. The Kier molecular flexibility index (Phi) is 3.60. The molecule has 0 unspecified atom stereocenters. The van der Waals surface area contributed by atoms with Crippen molar-refractivity contribution in [3.63, 3.8) is 0 Å². The molecule has 0 fully saturated rings. The fourth-order valence-electron chi connectivity index (χ4n) is 1.20. The van der Waals surface area contributed by atoms with E-state index >= 15 is 0 Å². The summed E-state index contributed by atoms with van der Waals surface area (Å²) in [7, 11) is -3.85. The minimum absolute atomic E-state index is 0.0665. The molecule has 2 rings (SSSR count). The number of aryl methyl sites for hydroxylation is 1. The predicted octanol–water partition coefficient (Wildman–Crippen LogP) is 2.59. The van der Waals surface area contributed by atoms with Crippen LogP contribution < -0.4 is 4.72 Å². The Balaban J connectivity index is 2.36. The normalized spacial score (nSPS) is 11.5. The lowest BCUT2D eigenvalue weighted by Crippen LogP contribution is -2.13. The van der Waals surface area contributed by atoms with Crippen molar-refractivity contribution in [3.05, 3.63) is 33.6 Å². The largest absolute Gasteiger partial charge is 0.408 e. The number of hydrogen-bond donors (Lipinski definition) is 1. The van der Waals surface area contributed by atoms with Gasteiger partial charge in [-0.15, -0.1) is 5.10 Å². The predicted molar refractivity (Wildman–Crippen MR) is 69.0 cm³/mol. The van der Waals surface area contributed by atoms with Gasteiger partial charge in [-0.2, -0.15) is 0 Å². The Hall–Kier alpha value is -1.12. The van der Waals surface area contributed by atoms with Gasteiger partial charge in [-0.05, 0) is 18.2 Å². The third kappa shape index (κ3) is 2.82. The Morgan fingerprint density at radius 3 is 2.67 bits per heavy atom. The second-order valence-electron chi connectivity index (χ2n) is 3.31. The summed E-state index contributed by atoms with van der Waals surface area (Å²) in [6.07, 6.45) is 0. The maximum atomic E-state index is 12.0. The van der Waals surface area contributed by atoms with Crippen LogP contribution in [0.25, 0.3) is 0 Å². The molecule has 0 aliphatic heterocycles. The number of nitrogens with zero attached hydrogens (tertiary/aromatic N) is 2. The third-order valence-corrected chi connectivity index (χ3v) is 4.23. The molecule has 0 aliphatic rings. The van der Waals surface area contributed by atoms with Crippen molar-refractivity contribution in [3.8, 4) is 0 Å². The van der Waals surface area contributed by atoms with E-state index in [2.05, 4.69) is 30.8 Å². The molecule has 0 atom stereocenters. The number of nitrogens with one attached hydrogen (secondary N) is 1. The van der Waals surface area contributed by atoms with E-state index in [1.54, 1.807) is 13.0 Å². The van der Waals surface area contributed by atoms with Gasteiger partial charge in [0.2, 0.25) is 5.89 Å². The second-order valence-corrected chi connectivity index (χ2v) is 6.28. The van der Waals surface area contributed by atoms with E-state index < -0.39 is 10.0 Å². The van der Waals surface area contributed by atoms with Crippen LogP contribution in [0.1, 0.15) is 5.89 Å². The lowest BCUT2D eigenvalue weighted by atomic mass is 10.4. The van der Waals surface area contributed by atoms with Gasteiger partial charge in [0.1, 0.15) is 4.90 Å². The molecule has 2 aromatic rings. The molecule has 6 nitrogen and oxygen atoms in total. The molecule has 0 amide bonds. The fraction of sp³-hybridized carbons (Fsp3) is 0.111. The lowest BCUT2D eigenvalue weighted by Gasteiger charge is -2.06. The minimum Gasteiger partial charge on any atom is -0.408 e. The van der Waals surface area contributed by atoms with Crippen molar-refractivity contribution < 1.29 is 12.8 Å². The average molecular weight is 353 g/mol. The standard InChI is InChI=1S/C9H7BrClN3O3S/c1-5-12-13-9(17-5)14-18(15,16)8-3-2-6(10)4-7(8)11/h2-4H,1H3,(H,13,14). The van der Waals surface area contributed by atoms with Crippen LogP contribution in [0, 0.1) is 6.92 Å². The summed E-state index contributed by atoms with van der Waals surface area (Å²) in [5.41, 5.74) is 0. The maximum Gasteiger partial charge on any atom is 0.329 e. The zero-order valence-corrected chi connectivity index (χ0v) is 12.2. The highest BCUT2D eigenvalue weighted by molar-refractivity contribution is 9.10. The molecule has 1 N–H and O–H groups in total. The number of anilines is 1. The van der Waals surface area contributed by atoms with Gasteiger partial charge in [0.15, 0.2) is 0 Å². The average Bonchev–Trinajstić information content (AvgIpc) is 2.62. The molecule has 0 aliphatic carbocycles. The van der Waals surface area contributed by atoms with Crippen molar-refractivity contribution in [1.82, 2.24) is 10.2 Å². The van der Waals surface area contributed by atoms with E-state index in [1.807, 2.05) is 0 Å². The molecular formula is C9H7BrClN3O3S. The first-order valence-electron chi connectivity index (χ1n) is 4.66. The zero-order valence-electron chi connectivity index (χ0n) is 9.02. The van der Waals surface area contributed by atoms with Gasteiger partial charge >= 0.3 is 6.01 Å². The van der Waals surface area contributed by atoms with Gasteiger partial charge in [0, 0.05) is 11.4 Å².